The first-order chi connectivity index (χ1) is 8.75. The van der Waals surface area contributed by atoms with Crippen molar-refractivity contribution in [3.63, 3.8) is 0 Å². The molecule has 4 nitrogen and oxygen atoms in total. The molecule has 0 atom stereocenters. The fourth-order valence-corrected chi connectivity index (χ4v) is 2.18. The quantitative estimate of drug-likeness (QED) is 0.768. The summed E-state index contributed by atoms with van der Waals surface area (Å²) >= 11 is 6.15. The van der Waals surface area contributed by atoms with Crippen molar-refractivity contribution in [3.05, 3.63) is 69.2 Å². The number of fused-ring (bicyclic) bond motifs is 1. The van der Waals surface area contributed by atoms with Gasteiger partial charge >= 0.3 is 0 Å². The Balaban J connectivity index is 2.14. The summed E-state index contributed by atoms with van der Waals surface area (Å²) in [6.07, 6.45) is 1.99. The Kier molecular flexibility index (Phi) is 2.64. The molecule has 0 bridgehead atoms. The molecule has 0 radical (unpaired) electrons. The van der Waals surface area contributed by atoms with Crippen molar-refractivity contribution in [3.8, 4) is 0 Å². The zero-order valence-electron chi connectivity index (χ0n) is 9.43. The molecule has 3 aromatic rings. The maximum atomic E-state index is 12.2. The largest absolute Gasteiger partial charge is 0.279 e. The monoisotopic (exact) mass is 259 g/mol. The van der Waals surface area contributed by atoms with Crippen molar-refractivity contribution in [1.29, 1.82) is 0 Å². The molecule has 1 aromatic carbocycles. The van der Waals surface area contributed by atoms with Gasteiger partial charge in [0.25, 0.3) is 5.56 Å². The van der Waals surface area contributed by atoms with Gasteiger partial charge in [-0.3, -0.25) is 9.89 Å². The average Bonchev–Trinajstić information content (AvgIpc) is 2.84. The highest BCUT2D eigenvalue weighted by Gasteiger charge is 2.11. The van der Waals surface area contributed by atoms with Crippen LogP contribution in [0.25, 0.3) is 5.65 Å². The maximum Gasteiger partial charge on any atom is 0.276 e. The van der Waals surface area contributed by atoms with Crippen molar-refractivity contribution >= 4 is 17.2 Å². The number of aromatic nitrogens is 3. The number of aromatic amines is 1. The van der Waals surface area contributed by atoms with Gasteiger partial charge < -0.3 is 0 Å². The van der Waals surface area contributed by atoms with Gasteiger partial charge in [-0.05, 0) is 5.56 Å². The van der Waals surface area contributed by atoms with Crippen LogP contribution in [-0.2, 0) is 6.42 Å². The Morgan fingerprint density at radius 2 is 2.06 bits per heavy atom. The van der Waals surface area contributed by atoms with Crippen LogP contribution >= 0.6 is 11.6 Å². The van der Waals surface area contributed by atoms with Crippen LogP contribution in [-0.4, -0.2) is 14.6 Å². The molecule has 0 aliphatic rings. The maximum absolute atomic E-state index is 12.2. The average molecular weight is 260 g/mol. The first kappa shape index (κ1) is 11.0. The molecule has 5 heteroatoms. The van der Waals surface area contributed by atoms with Gasteiger partial charge in [0.1, 0.15) is 6.33 Å². The summed E-state index contributed by atoms with van der Waals surface area (Å²) in [7, 11) is 0. The standard InChI is InChI=1S/C13H10ClN3O/c14-11-7-12-15-8-16-17(12)13(18)10(11)6-9-4-2-1-3-5-9/h1-5,7-8H,6H2,(H,15,16). The molecule has 1 N–H and O–H groups in total. The highest BCUT2D eigenvalue weighted by atomic mass is 35.5. The number of nitrogens with one attached hydrogen (secondary N) is 1. The van der Waals surface area contributed by atoms with Gasteiger partial charge in [-0.15, -0.1) is 0 Å². The predicted molar refractivity (Wildman–Crippen MR) is 70.1 cm³/mol. The topological polar surface area (TPSA) is 50.2 Å². The van der Waals surface area contributed by atoms with Gasteiger partial charge in [0.2, 0.25) is 0 Å². The summed E-state index contributed by atoms with van der Waals surface area (Å²) in [5.41, 5.74) is 2.00. The Bertz CT molecular complexity index is 746. The van der Waals surface area contributed by atoms with Gasteiger partial charge in [-0.25, -0.2) is 9.50 Å². The Labute approximate surface area is 108 Å². The van der Waals surface area contributed by atoms with Crippen molar-refractivity contribution < 1.29 is 0 Å². The fraction of sp³-hybridized carbons (Fsp3) is 0.0769. The zero-order valence-corrected chi connectivity index (χ0v) is 10.2. The van der Waals surface area contributed by atoms with Crippen molar-refractivity contribution in [2.24, 2.45) is 0 Å². The van der Waals surface area contributed by atoms with Crippen LogP contribution in [0.15, 0.2) is 47.5 Å². The van der Waals surface area contributed by atoms with E-state index >= 15 is 0 Å². The number of hydrogen-bond donors (Lipinski definition) is 1. The smallest absolute Gasteiger partial charge is 0.276 e. The lowest BCUT2D eigenvalue weighted by molar-refractivity contribution is 0.896. The van der Waals surface area contributed by atoms with Gasteiger partial charge in [-0.1, -0.05) is 41.9 Å². The van der Waals surface area contributed by atoms with Gasteiger partial charge in [-0.2, -0.15) is 0 Å². The highest BCUT2D eigenvalue weighted by molar-refractivity contribution is 6.31. The molecule has 0 unspecified atom stereocenters. The van der Waals surface area contributed by atoms with Crippen molar-refractivity contribution in [1.82, 2.24) is 14.6 Å². The highest BCUT2D eigenvalue weighted by Crippen LogP contribution is 2.17. The minimum Gasteiger partial charge on any atom is -0.279 e. The number of H-pyrrole nitrogens is 1. The molecule has 3 rings (SSSR count). The van der Waals surface area contributed by atoms with E-state index in [-0.39, 0.29) is 5.56 Å². The van der Waals surface area contributed by atoms with E-state index in [0.29, 0.717) is 22.7 Å². The van der Waals surface area contributed by atoms with E-state index in [2.05, 4.69) is 10.1 Å². The SMILES string of the molecule is O=c1c(Cc2ccccc2)c(Cl)cc2nc[nH]n12. The molecule has 0 saturated heterocycles. The number of pyridine rings is 1. The van der Waals surface area contributed by atoms with E-state index in [4.69, 9.17) is 11.6 Å². The summed E-state index contributed by atoms with van der Waals surface area (Å²) in [6.45, 7) is 0. The first-order valence-corrected chi connectivity index (χ1v) is 5.91. The molecule has 0 amide bonds. The van der Waals surface area contributed by atoms with E-state index < -0.39 is 0 Å². The molecular weight excluding hydrogens is 250 g/mol. The number of halogens is 1. The minimum atomic E-state index is -0.154. The lowest BCUT2D eigenvalue weighted by Crippen LogP contribution is -2.19. The Hall–Kier alpha value is -2.07. The normalized spacial score (nSPS) is 10.9. The molecule has 90 valence electrons. The lowest BCUT2D eigenvalue weighted by Gasteiger charge is -2.04. The van der Waals surface area contributed by atoms with Gasteiger partial charge in [0.05, 0.1) is 5.02 Å². The molecule has 2 aromatic heterocycles. The summed E-state index contributed by atoms with van der Waals surface area (Å²) in [5.74, 6) is 0. The Morgan fingerprint density at radius 3 is 2.83 bits per heavy atom. The second kappa shape index (κ2) is 4.31. The third kappa shape index (κ3) is 1.80. The molecule has 0 spiro atoms. The third-order valence-corrected chi connectivity index (χ3v) is 3.18. The van der Waals surface area contributed by atoms with E-state index in [1.165, 1.54) is 10.8 Å². The van der Waals surface area contributed by atoms with Crippen LogP contribution in [0.3, 0.4) is 0 Å². The number of hydrogen-bond acceptors (Lipinski definition) is 2. The summed E-state index contributed by atoms with van der Waals surface area (Å²) < 4.78 is 1.39. The molecular formula is C13H10ClN3O. The molecule has 0 aliphatic carbocycles. The number of rotatable bonds is 2. The molecule has 0 aliphatic heterocycles. The summed E-state index contributed by atoms with van der Waals surface area (Å²) in [5, 5.41) is 3.23. The van der Waals surface area contributed by atoms with Gasteiger partial charge in [0, 0.05) is 18.1 Å². The van der Waals surface area contributed by atoms with Crippen LogP contribution in [0.1, 0.15) is 11.1 Å². The van der Waals surface area contributed by atoms with Crippen LogP contribution < -0.4 is 5.56 Å². The van der Waals surface area contributed by atoms with Gasteiger partial charge in [0.15, 0.2) is 5.65 Å². The molecule has 0 saturated carbocycles. The van der Waals surface area contributed by atoms with Crippen molar-refractivity contribution in [2.45, 2.75) is 6.42 Å². The van der Waals surface area contributed by atoms with E-state index in [0.717, 1.165) is 5.56 Å². The minimum absolute atomic E-state index is 0.154. The number of nitrogens with zero attached hydrogens (tertiary/aromatic N) is 2. The molecule has 0 fully saturated rings. The second-order valence-corrected chi connectivity index (χ2v) is 4.43. The zero-order chi connectivity index (χ0) is 12.5. The van der Waals surface area contributed by atoms with E-state index in [1.54, 1.807) is 6.07 Å². The third-order valence-electron chi connectivity index (χ3n) is 2.84. The Morgan fingerprint density at radius 1 is 1.28 bits per heavy atom. The summed E-state index contributed by atoms with van der Waals surface area (Å²) in [6, 6.07) is 11.5. The predicted octanol–water partition coefficient (Wildman–Crippen LogP) is 2.27. The van der Waals surface area contributed by atoms with E-state index in [1.807, 2.05) is 30.3 Å². The van der Waals surface area contributed by atoms with Crippen LogP contribution in [0.4, 0.5) is 0 Å². The first-order valence-electron chi connectivity index (χ1n) is 5.53. The second-order valence-electron chi connectivity index (χ2n) is 4.02. The van der Waals surface area contributed by atoms with E-state index in [9.17, 15) is 4.79 Å². The van der Waals surface area contributed by atoms with Crippen LogP contribution in [0.2, 0.25) is 5.02 Å². The van der Waals surface area contributed by atoms with Crippen LogP contribution in [0, 0.1) is 0 Å². The molecule has 18 heavy (non-hydrogen) atoms. The number of benzene rings is 1. The molecule has 2 heterocycles. The fourth-order valence-electron chi connectivity index (χ4n) is 1.94. The van der Waals surface area contributed by atoms with Crippen molar-refractivity contribution in [2.75, 3.05) is 0 Å². The lowest BCUT2D eigenvalue weighted by atomic mass is 10.1. The summed E-state index contributed by atoms with van der Waals surface area (Å²) in [4.78, 5) is 16.2. The van der Waals surface area contributed by atoms with Crippen LogP contribution in [0.5, 0.6) is 0 Å².